The molecule has 0 atom stereocenters. The van der Waals surface area contributed by atoms with Gasteiger partial charge in [0.15, 0.2) is 11.4 Å². The van der Waals surface area contributed by atoms with Crippen LogP contribution in [0.5, 0.6) is 0 Å². The molecule has 0 amide bonds. The summed E-state index contributed by atoms with van der Waals surface area (Å²) >= 11 is 0. The smallest absolute Gasteiger partial charge is 0.408 e. The molecule has 0 aliphatic heterocycles. The van der Waals surface area contributed by atoms with Crippen molar-refractivity contribution < 1.29 is 9.21 Å². The van der Waals surface area contributed by atoms with E-state index in [0.717, 1.165) is 10.9 Å². The molecule has 4 rings (SSSR count). The summed E-state index contributed by atoms with van der Waals surface area (Å²) < 4.78 is 6.55. The Bertz CT molecular complexity index is 1080. The van der Waals surface area contributed by atoms with Crippen molar-refractivity contribution >= 4 is 27.8 Å². The van der Waals surface area contributed by atoms with Gasteiger partial charge in [-0.2, -0.15) is 0 Å². The highest BCUT2D eigenvalue weighted by atomic mass is 16.4. The summed E-state index contributed by atoms with van der Waals surface area (Å²) in [5, 5.41) is 0.877. The van der Waals surface area contributed by atoms with E-state index in [1.165, 1.54) is 4.57 Å². The fourth-order valence-electron chi connectivity index (χ4n) is 2.69. The second-order valence-corrected chi connectivity index (χ2v) is 5.19. The number of oxazole rings is 1. The van der Waals surface area contributed by atoms with Crippen molar-refractivity contribution in [2.75, 3.05) is 0 Å². The van der Waals surface area contributed by atoms with E-state index in [1.54, 1.807) is 31.4 Å². The number of ketones is 1. The predicted octanol–water partition coefficient (Wildman–Crippen LogP) is 2.84. The molecule has 0 saturated heterocycles. The van der Waals surface area contributed by atoms with E-state index >= 15 is 0 Å². The van der Waals surface area contributed by atoms with Crippen LogP contribution in [0.15, 0.2) is 57.9 Å². The number of nitrogens with zero attached hydrogens (tertiary/aromatic N) is 1. The number of aromatic amines is 1. The minimum Gasteiger partial charge on any atom is -0.408 e. The van der Waals surface area contributed by atoms with Gasteiger partial charge in [-0.15, -0.1) is 0 Å². The standard InChI is InChI=1S/C17H12N2O3/c1-19-14-7-6-10(8-15(14)22-17(19)21)16(20)12-9-18-13-5-3-2-4-11(12)13/h2-9,18H,1H3. The maximum absolute atomic E-state index is 12.7. The normalized spacial score (nSPS) is 11.3. The molecule has 5 heteroatoms. The Kier molecular flexibility index (Phi) is 2.56. The molecule has 2 aromatic heterocycles. The number of fused-ring (bicyclic) bond motifs is 2. The zero-order valence-electron chi connectivity index (χ0n) is 11.8. The Morgan fingerprint density at radius 2 is 2.00 bits per heavy atom. The zero-order valence-corrected chi connectivity index (χ0v) is 11.8. The topological polar surface area (TPSA) is 68.0 Å². The summed E-state index contributed by atoms with van der Waals surface area (Å²) in [6.07, 6.45) is 1.71. The molecule has 0 aliphatic rings. The lowest BCUT2D eigenvalue weighted by Gasteiger charge is -2.00. The van der Waals surface area contributed by atoms with E-state index in [4.69, 9.17) is 4.42 Å². The lowest BCUT2D eigenvalue weighted by atomic mass is 10.0. The van der Waals surface area contributed by atoms with E-state index in [9.17, 15) is 9.59 Å². The summed E-state index contributed by atoms with van der Waals surface area (Å²) in [6, 6.07) is 12.7. The number of aryl methyl sites for hydroxylation is 1. The molecule has 2 aromatic carbocycles. The van der Waals surface area contributed by atoms with Gasteiger partial charge in [0, 0.05) is 35.3 Å². The van der Waals surface area contributed by atoms with Crippen molar-refractivity contribution in [1.29, 1.82) is 0 Å². The van der Waals surface area contributed by atoms with E-state index < -0.39 is 5.76 Å². The maximum atomic E-state index is 12.7. The van der Waals surface area contributed by atoms with Crippen LogP contribution in [0.1, 0.15) is 15.9 Å². The SMILES string of the molecule is Cn1c(=O)oc2cc(C(=O)c3c[nH]c4ccccc34)ccc21. The molecule has 22 heavy (non-hydrogen) atoms. The first-order valence-electron chi connectivity index (χ1n) is 6.85. The molecule has 2 heterocycles. The molecule has 0 fully saturated rings. The number of benzene rings is 2. The van der Waals surface area contributed by atoms with Crippen LogP contribution in [0.4, 0.5) is 0 Å². The molecule has 0 spiro atoms. The van der Waals surface area contributed by atoms with E-state index in [2.05, 4.69) is 4.98 Å². The lowest BCUT2D eigenvalue weighted by Crippen LogP contribution is -2.08. The van der Waals surface area contributed by atoms with Gasteiger partial charge in [-0.25, -0.2) is 4.79 Å². The molecular formula is C17H12N2O3. The van der Waals surface area contributed by atoms with Gasteiger partial charge in [-0.05, 0) is 24.3 Å². The van der Waals surface area contributed by atoms with Crippen molar-refractivity contribution in [2.45, 2.75) is 0 Å². The quantitative estimate of drug-likeness (QED) is 0.578. The predicted molar refractivity (Wildman–Crippen MR) is 83.2 cm³/mol. The fraction of sp³-hybridized carbons (Fsp3) is 0.0588. The third kappa shape index (κ3) is 1.72. The van der Waals surface area contributed by atoms with Crippen LogP contribution in [0.2, 0.25) is 0 Å². The Labute approximate surface area is 124 Å². The minimum atomic E-state index is -0.438. The number of H-pyrrole nitrogens is 1. The highest BCUT2D eigenvalue weighted by molar-refractivity contribution is 6.17. The average Bonchev–Trinajstić information content (AvgIpc) is 3.08. The van der Waals surface area contributed by atoms with Gasteiger partial charge in [0.1, 0.15) is 0 Å². The van der Waals surface area contributed by atoms with Crippen molar-refractivity contribution in [1.82, 2.24) is 9.55 Å². The van der Waals surface area contributed by atoms with Crippen molar-refractivity contribution in [3.05, 3.63) is 70.3 Å². The van der Waals surface area contributed by atoms with Gasteiger partial charge >= 0.3 is 5.76 Å². The number of para-hydroxylation sites is 1. The molecule has 0 unspecified atom stereocenters. The summed E-state index contributed by atoms with van der Waals surface area (Å²) in [7, 11) is 1.63. The average molecular weight is 292 g/mol. The zero-order chi connectivity index (χ0) is 15.3. The molecule has 1 N–H and O–H groups in total. The van der Waals surface area contributed by atoms with Gasteiger partial charge < -0.3 is 9.40 Å². The van der Waals surface area contributed by atoms with E-state index in [0.29, 0.717) is 22.2 Å². The summed E-state index contributed by atoms with van der Waals surface area (Å²) in [5.74, 6) is -0.544. The highest BCUT2D eigenvalue weighted by Crippen LogP contribution is 2.22. The molecule has 4 aromatic rings. The van der Waals surface area contributed by atoms with Crippen molar-refractivity contribution in [3.8, 4) is 0 Å². The van der Waals surface area contributed by atoms with Crippen LogP contribution in [-0.2, 0) is 7.05 Å². The number of rotatable bonds is 2. The van der Waals surface area contributed by atoms with Gasteiger partial charge in [0.05, 0.1) is 5.52 Å². The fourth-order valence-corrected chi connectivity index (χ4v) is 2.69. The van der Waals surface area contributed by atoms with Gasteiger partial charge in [-0.3, -0.25) is 9.36 Å². The van der Waals surface area contributed by atoms with E-state index in [-0.39, 0.29) is 5.78 Å². The second-order valence-electron chi connectivity index (χ2n) is 5.19. The van der Waals surface area contributed by atoms with Gasteiger partial charge in [0.25, 0.3) is 0 Å². The number of nitrogens with one attached hydrogen (secondary N) is 1. The first-order valence-corrected chi connectivity index (χ1v) is 6.85. The van der Waals surface area contributed by atoms with Gasteiger partial charge in [0.2, 0.25) is 0 Å². The van der Waals surface area contributed by atoms with Crippen LogP contribution in [0.3, 0.4) is 0 Å². The molecule has 0 bridgehead atoms. The molecule has 0 radical (unpaired) electrons. The summed E-state index contributed by atoms with van der Waals surface area (Å²) in [6.45, 7) is 0. The molecule has 5 nitrogen and oxygen atoms in total. The Balaban J connectivity index is 1.87. The molecule has 0 saturated carbocycles. The Hall–Kier alpha value is -3.08. The first-order chi connectivity index (χ1) is 10.6. The molecule has 0 aliphatic carbocycles. The number of hydrogen-bond donors (Lipinski definition) is 1. The number of carbonyl (C=O) groups excluding carboxylic acids is 1. The lowest BCUT2D eigenvalue weighted by molar-refractivity contribution is 0.104. The van der Waals surface area contributed by atoms with E-state index in [1.807, 2.05) is 24.3 Å². The monoisotopic (exact) mass is 292 g/mol. The third-order valence-corrected chi connectivity index (χ3v) is 3.89. The molecule has 108 valence electrons. The summed E-state index contributed by atoms with van der Waals surface area (Å²) in [4.78, 5) is 27.3. The summed E-state index contributed by atoms with van der Waals surface area (Å²) in [5.41, 5.74) is 3.09. The van der Waals surface area contributed by atoms with Crippen LogP contribution >= 0.6 is 0 Å². The third-order valence-electron chi connectivity index (χ3n) is 3.89. The molecular weight excluding hydrogens is 280 g/mol. The Morgan fingerprint density at radius 3 is 2.86 bits per heavy atom. The van der Waals surface area contributed by atoms with Crippen molar-refractivity contribution in [2.24, 2.45) is 7.05 Å². The minimum absolute atomic E-state index is 0.106. The maximum Gasteiger partial charge on any atom is 0.419 e. The largest absolute Gasteiger partial charge is 0.419 e. The van der Waals surface area contributed by atoms with Crippen molar-refractivity contribution in [3.63, 3.8) is 0 Å². The number of aromatic nitrogens is 2. The van der Waals surface area contributed by atoms with Crippen LogP contribution < -0.4 is 5.76 Å². The number of hydrogen-bond acceptors (Lipinski definition) is 3. The van der Waals surface area contributed by atoms with Gasteiger partial charge in [-0.1, -0.05) is 18.2 Å². The first kappa shape index (κ1) is 12.6. The highest BCUT2D eigenvalue weighted by Gasteiger charge is 2.16. The van der Waals surface area contributed by atoms with Crippen LogP contribution in [-0.4, -0.2) is 15.3 Å². The van der Waals surface area contributed by atoms with Crippen LogP contribution in [0.25, 0.3) is 22.0 Å². The number of carbonyl (C=O) groups is 1. The second kappa shape index (κ2) is 4.46. The Morgan fingerprint density at radius 1 is 1.18 bits per heavy atom. The van der Waals surface area contributed by atoms with Crippen LogP contribution in [0, 0.1) is 0 Å².